The summed E-state index contributed by atoms with van der Waals surface area (Å²) in [6.45, 7) is 0. The van der Waals surface area contributed by atoms with Gasteiger partial charge in [-0.25, -0.2) is 0 Å². The molecule has 8 heteroatoms. The van der Waals surface area contributed by atoms with Crippen molar-refractivity contribution >= 4 is 11.6 Å². The SMILES string of the molecule is NC1(c2noc(CCc3nc(-c4ccc(Cl)cc4)no3)n2)CCCC1. The normalized spacial score (nSPS) is 16.4. The average molecular weight is 360 g/mol. The minimum absolute atomic E-state index is 0.437. The lowest BCUT2D eigenvalue weighted by Gasteiger charge is -2.17. The zero-order valence-electron chi connectivity index (χ0n) is 13.6. The maximum absolute atomic E-state index is 6.34. The second-order valence-electron chi connectivity index (χ2n) is 6.39. The Kier molecular flexibility index (Phi) is 4.27. The molecule has 0 amide bonds. The number of nitrogens with two attached hydrogens (primary N) is 1. The molecule has 1 aromatic carbocycles. The zero-order valence-corrected chi connectivity index (χ0v) is 14.4. The van der Waals surface area contributed by atoms with Gasteiger partial charge in [0.1, 0.15) is 0 Å². The van der Waals surface area contributed by atoms with E-state index in [1.807, 2.05) is 12.1 Å². The molecule has 1 saturated carbocycles. The van der Waals surface area contributed by atoms with Crippen molar-refractivity contribution in [2.75, 3.05) is 0 Å². The Morgan fingerprint density at radius 3 is 2.32 bits per heavy atom. The number of hydrogen-bond acceptors (Lipinski definition) is 7. The molecule has 2 heterocycles. The van der Waals surface area contributed by atoms with Crippen LogP contribution in [0, 0.1) is 0 Å². The number of aryl methyl sites for hydroxylation is 2. The predicted molar refractivity (Wildman–Crippen MR) is 90.8 cm³/mol. The molecule has 7 nitrogen and oxygen atoms in total. The molecule has 2 N–H and O–H groups in total. The molecule has 0 aliphatic heterocycles. The van der Waals surface area contributed by atoms with E-state index in [-0.39, 0.29) is 0 Å². The van der Waals surface area contributed by atoms with Gasteiger partial charge in [-0.15, -0.1) is 0 Å². The van der Waals surface area contributed by atoms with Crippen LogP contribution in [-0.4, -0.2) is 20.3 Å². The summed E-state index contributed by atoms with van der Waals surface area (Å²) < 4.78 is 10.6. The van der Waals surface area contributed by atoms with Crippen LogP contribution in [0.1, 0.15) is 43.3 Å². The van der Waals surface area contributed by atoms with Crippen molar-refractivity contribution in [2.45, 2.75) is 44.1 Å². The van der Waals surface area contributed by atoms with Gasteiger partial charge in [-0.05, 0) is 37.1 Å². The van der Waals surface area contributed by atoms with Gasteiger partial charge in [0.05, 0.1) is 5.54 Å². The van der Waals surface area contributed by atoms with E-state index >= 15 is 0 Å². The van der Waals surface area contributed by atoms with Crippen LogP contribution in [0.3, 0.4) is 0 Å². The summed E-state index contributed by atoms with van der Waals surface area (Å²) in [5, 5.41) is 8.71. The quantitative estimate of drug-likeness (QED) is 0.745. The smallest absolute Gasteiger partial charge is 0.227 e. The summed E-state index contributed by atoms with van der Waals surface area (Å²) in [6.07, 6.45) is 5.08. The largest absolute Gasteiger partial charge is 0.339 e. The van der Waals surface area contributed by atoms with Gasteiger partial charge in [-0.3, -0.25) is 0 Å². The van der Waals surface area contributed by atoms with E-state index in [1.54, 1.807) is 12.1 Å². The Morgan fingerprint density at radius 1 is 0.960 bits per heavy atom. The fraction of sp³-hybridized carbons (Fsp3) is 0.412. The van der Waals surface area contributed by atoms with Gasteiger partial charge in [-0.1, -0.05) is 34.8 Å². The van der Waals surface area contributed by atoms with Crippen LogP contribution in [0.2, 0.25) is 5.02 Å². The maximum Gasteiger partial charge on any atom is 0.227 e. The van der Waals surface area contributed by atoms with Crippen molar-refractivity contribution in [3.05, 3.63) is 46.9 Å². The highest BCUT2D eigenvalue weighted by atomic mass is 35.5. The molecular weight excluding hydrogens is 342 g/mol. The summed E-state index contributed by atoms with van der Waals surface area (Å²) >= 11 is 5.88. The summed E-state index contributed by atoms with van der Waals surface area (Å²) in [6, 6.07) is 7.28. The third-order valence-corrected chi connectivity index (χ3v) is 4.78. The van der Waals surface area contributed by atoms with Crippen LogP contribution in [0.25, 0.3) is 11.4 Å². The fourth-order valence-corrected chi connectivity index (χ4v) is 3.20. The Morgan fingerprint density at radius 2 is 1.60 bits per heavy atom. The van der Waals surface area contributed by atoms with Crippen molar-refractivity contribution in [1.82, 2.24) is 20.3 Å². The van der Waals surface area contributed by atoms with E-state index in [4.69, 9.17) is 26.4 Å². The van der Waals surface area contributed by atoms with Gasteiger partial charge in [0, 0.05) is 23.4 Å². The van der Waals surface area contributed by atoms with Crippen LogP contribution in [-0.2, 0) is 18.4 Å². The topological polar surface area (TPSA) is 104 Å². The molecule has 0 spiro atoms. The first-order valence-electron chi connectivity index (χ1n) is 8.33. The number of halogens is 1. The molecule has 25 heavy (non-hydrogen) atoms. The zero-order chi connectivity index (χ0) is 17.3. The number of nitrogens with zero attached hydrogens (tertiary/aromatic N) is 4. The predicted octanol–water partition coefficient (Wildman–Crippen LogP) is 3.29. The minimum atomic E-state index is -0.437. The van der Waals surface area contributed by atoms with Gasteiger partial charge < -0.3 is 14.8 Å². The van der Waals surface area contributed by atoms with Crippen molar-refractivity contribution in [2.24, 2.45) is 5.73 Å². The average Bonchev–Trinajstić information content (AvgIpc) is 3.34. The van der Waals surface area contributed by atoms with Crippen molar-refractivity contribution in [1.29, 1.82) is 0 Å². The first-order chi connectivity index (χ1) is 12.1. The fourth-order valence-electron chi connectivity index (χ4n) is 3.07. The molecule has 0 saturated heterocycles. The van der Waals surface area contributed by atoms with Crippen molar-refractivity contribution < 1.29 is 9.05 Å². The Balaban J connectivity index is 1.40. The molecular formula is C17H18ClN5O2. The molecule has 1 fully saturated rings. The van der Waals surface area contributed by atoms with E-state index in [0.717, 1.165) is 31.2 Å². The lowest BCUT2D eigenvalue weighted by Crippen LogP contribution is -2.34. The summed E-state index contributed by atoms with van der Waals surface area (Å²) in [5.74, 6) is 2.20. The minimum Gasteiger partial charge on any atom is -0.339 e. The molecule has 1 aliphatic carbocycles. The van der Waals surface area contributed by atoms with E-state index in [2.05, 4.69) is 20.3 Å². The molecule has 130 valence electrons. The molecule has 2 aromatic heterocycles. The monoisotopic (exact) mass is 359 g/mol. The van der Waals surface area contributed by atoms with Crippen LogP contribution < -0.4 is 5.73 Å². The Labute approximate surface area is 149 Å². The van der Waals surface area contributed by atoms with E-state index < -0.39 is 5.54 Å². The first-order valence-corrected chi connectivity index (χ1v) is 8.71. The number of aromatic nitrogens is 4. The lowest BCUT2D eigenvalue weighted by atomic mass is 9.99. The summed E-state index contributed by atoms with van der Waals surface area (Å²) in [5.41, 5.74) is 6.76. The highest BCUT2D eigenvalue weighted by molar-refractivity contribution is 6.30. The Hall–Kier alpha value is -2.25. The molecule has 3 aromatic rings. The molecule has 0 radical (unpaired) electrons. The van der Waals surface area contributed by atoms with Crippen molar-refractivity contribution in [3.63, 3.8) is 0 Å². The standard InChI is InChI=1S/C17H18ClN5O2/c18-12-5-3-11(4-6-12)15-20-13(24-22-15)7-8-14-21-16(23-25-14)17(19)9-1-2-10-17/h3-6H,1-2,7-10,19H2. The van der Waals surface area contributed by atoms with E-state index in [9.17, 15) is 0 Å². The number of benzene rings is 1. The molecule has 0 unspecified atom stereocenters. The molecule has 4 rings (SSSR count). The third kappa shape index (κ3) is 3.43. The maximum atomic E-state index is 6.34. The van der Waals surface area contributed by atoms with E-state index in [1.165, 1.54) is 0 Å². The molecule has 0 bridgehead atoms. The van der Waals surface area contributed by atoms with Crippen LogP contribution >= 0.6 is 11.6 Å². The van der Waals surface area contributed by atoms with Crippen LogP contribution in [0.4, 0.5) is 0 Å². The summed E-state index contributed by atoms with van der Waals surface area (Å²) in [4.78, 5) is 8.83. The van der Waals surface area contributed by atoms with Gasteiger partial charge in [-0.2, -0.15) is 9.97 Å². The van der Waals surface area contributed by atoms with Crippen LogP contribution in [0.5, 0.6) is 0 Å². The van der Waals surface area contributed by atoms with Gasteiger partial charge >= 0.3 is 0 Å². The third-order valence-electron chi connectivity index (χ3n) is 4.53. The van der Waals surface area contributed by atoms with Gasteiger partial charge in [0.25, 0.3) is 0 Å². The summed E-state index contributed by atoms with van der Waals surface area (Å²) in [7, 11) is 0. The van der Waals surface area contributed by atoms with E-state index in [0.29, 0.717) is 41.3 Å². The lowest BCUT2D eigenvalue weighted by molar-refractivity contribution is 0.339. The van der Waals surface area contributed by atoms with Gasteiger partial charge in [0.2, 0.25) is 17.6 Å². The van der Waals surface area contributed by atoms with Crippen molar-refractivity contribution in [3.8, 4) is 11.4 Å². The molecule has 0 atom stereocenters. The van der Waals surface area contributed by atoms with Crippen LogP contribution in [0.15, 0.2) is 33.3 Å². The second kappa shape index (κ2) is 6.57. The number of hydrogen-bond donors (Lipinski definition) is 1. The highest BCUT2D eigenvalue weighted by Crippen LogP contribution is 2.34. The Bertz CT molecular complexity index is 852. The highest BCUT2D eigenvalue weighted by Gasteiger charge is 2.35. The number of rotatable bonds is 5. The van der Waals surface area contributed by atoms with Gasteiger partial charge in [0.15, 0.2) is 5.82 Å². The first kappa shape index (κ1) is 16.2. The molecule has 1 aliphatic rings. The second-order valence-corrected chi connectivity index (χ2v) is 6.83.